The van der Waals surface area contributed by atoms with Crippen LogP contribution in [0.25, 0.3) is 0 Å². The lowest BCUT2D eigenvalue weighted by Gasteiger charge is -2.15. The van der Waals surface area contributed by atoms with Crippen LogP contribution in [0.1, 0.15) is 83.7 Å². The van der Waals surface area contributed by atoms with Crippen LogP contribution in [0, 0.1) is 13.8 Å². The Balaban J connectivity index is 1.86. The molecule has 0 aliphatic carbocycles. The lowest BCUT2D eigenvalue weighted by molar-refractivity contribution is -0.421. The van der Waals surface area contributed by atoms with E-state index in [1.165, 1.54) is 19.3 Å². The predicted molar refractivity (Wildman–Crippen MR) is 117 cm³/mol. The molecule has 0 aliphatic rings. The van der Waals surface area contributed by atoms with Crippen molar-refractivity contribution in [2.75, 3.05) is 0 Å². The summed E-state index contributed by atoms with van der Waals surface area (Å²) in [5.74, 6) is -1.28. The number of rotatable bonds is 13. The highest BCUT2D eigenvalue weighted by molar-refractivity contribution is 5.89. The van der Waals surface area contributed by atoms with Gasteiger partial charge >= 0.3 is 11.9 Å². The molecule has 0 fully saturated rings. The van der Waals surface area contributed by atoms with Gasteiger partial charge in [-0.3, -0.25) is 9.78 Å². The number of unbranched alkanes of at least 4 members (excludes halogenated alkanes) is 5. The number of benzene rings is 2. The highest BCUT2D eigenvalue weighted by Crippen LogP contribution is 2.15. The van der Waals surface area contributed by atoms with E-state index in [1.54, 1.807) is 24.3 Å². The highest BCUT2D eigenvalue weighted by atomic mass is 17.3. The van der Waals surface area contributed by atoms with Crippen LogP contribution in [0.2, 0.25) is 0 Å². The molecule has 0 aromatic heterocycles. The van der Waals surface area contributed by atoms with Crippen molar-refractivity contribution >= 4 is 11.9 Å². The molecule has 0 bridgehead atoms. The first-order valence-electron chi connectivity index (χ1n) is 10.9. The topological polar surface area (TPSA) is 71.1 Å². The zero-order valence-corrected chi connectivity index (χ0v) is 18.6. The van der Waals surface area contributed by atoms with Crippen molar-refractivity contribution in [1.82, 2.24) is 0 Å². The Labute approximate surface area is 184 Å². The van der Waals surface area contributed by atoms with Crippen LogP contribution in [0.15, 0.2) is 48.5 Å². The molecule has 2 aromatic rings. The number of carbonyl (C=O) groups is 2. The Morgan fingerprint density at radius 2 is 1.10 bits per heavy atom. The van der Waals surface area contributed by atoms with E-state index < -0.39 is 18.2 Å². The molecule has 0 radical (unpaired) electrons. The summed E-state index contributed by atoms with van der Waals surface area (Å²) in [5, 5.41) is 0. The minimum absolute atomic E-state index is 0.362. The molecule has 6 heteroatoms. The molecule has 0 saturated heterocycles. The number of hydrogen-bond acceptors (Lipinski definition) is 6. The van der Waals surface area contributed by atoms with Gasteiger partial charge in [-0.2, -0.15) is 0 Å². The van der Waals surface area contributed by atoms with Crippen molar-refractivity contribution in [3.05, 3.63) is 70.8 Å². The van der Waals surface area contributed by atoms with Gasteiger partial charge in [0.15, 0.2) is 0 Å². The van der Waals surface area contributed by atoms with E-state index in [9.17, 15) is 9.59 Å². The first kappa shape index (κ1) is 24.6. The third kappa shape index (κ3) is 9.32. The fourth-order valence-corrected chi connectivity index (χ4v) is 2.87. The van der Waals surface area contributed by atoms with Crippen molar-refractivity contribution in [2.24, 2.45) is 0 Å². The van der Waals surface area contributed by atoms with Crippen LogP contribution >= 0.6 is 0 Å². The van der Waals surface area contributed by atoms with Gasteiger partial charge in [-0.05, 0) is 44.5 Å². The van der Waals surface area contributed by atoms with Crippen molar-refractivity contribution in [3.8, 4) is 0 Å². The summed E-state index contributed by atoms with van der Waals surface area (Å²) in [6.45, 7) is 6.03. The smallest absolute Gasteiger partial charge is 0.290 e. The first-order chi connectivity index (χ1) is 15.0. The van der Waals surface area contributed by atoms with E-state index in [0.717, 1.165) is 30.4 Å². The second-order valence-corrected chi connectivity index (χ2v) is 7.65. The van der Waals surface area contributed by atoms with E-state index in [0.29, 0.717) is 17.5 Å². The van der Waals surface area contributed by atoms with E-state index in [1.807, 2.05) is 38.1 Å². The molecule has 0 atom stereocenters. The van der Waals surface area contributed by atoms with Crippen molar-refractivity contribution < 1.29 is 29.1 Å². The Bertz CT molecular complexity index is 736. The van der Waals surface area contributed by atoms with E-state index >= 15 is 0 Å². The number of hydrogen-bond donors (Lipinski definition) is 0. The van der Waals surface area contributed by atoms with Gasteiger partial charge in [0.05, 0.1) is 11.1 Å². The molecule has 0 spiro atoms. The molecule has 0 saturated carbocycles. The maximum Gasteiger partial charge on any atom is 0.373 e. The fourth-order valence-electron chi connectivity index (χ4n) is 2.87. The second kappa shape index (κ2) is 13.6. The minimum atomic E-state index is -1.00. The van der Waals surface area contributed by atoms with E-state index in [2.05, 4.69) is 6.92 Å². The average Bonchev–Trinajstić information content (AvgIpc) is 2.78. The summed E-state index contributed by atoms with van der Waals surface area (Å²) in [7, 11) is 0. The van der Waals surface area contributed by atoms with Crippen LogP contribution in [0.5, 0.6) is 0 Å². The Morgan fingerprint density at radius 1 is 0.677 bits per heavy atom. The summed E-state index contributed by atoms with van der Waals surface area (Å²) in [5.41, 5.74) is 2.79. The van der Waals surface area contributed by atoms with E-state index in [-0.39, 0.29) is 0 Å². The van der Waals surface area contributed by atoms with Crippen LogP contribution in [-0.4, -0.2) is 18.2 Å². The van der Waals surface area contributed by atoms with Crippen molar-refractivity contribution in [1.29, 1.82) is 0 Å². The summed E-state index contributed by atoms with van der Waals surface area (Å²) >= 11 is 0. The van der Waals surface area contributed by atoms with Crippen LogP contribution in [0.4, 0.5) is 0 Å². The van der Waals surface area contributed by atoms with Gasteiger partial charge in [-0.25, -0.2) is 9.59 Å². The molecule has 168 valence electrons. The molecule has 0 aliphatic heterocycles. The Morgan fingerprint density at radius 3 is 1.55 bits per heavy atom. The summed E-state index contributed by atoms with van der Waals surface area (Å²) < 4.78 is 0. The molecule has 0 heterocycles. The summed E-state index contributed by atoms with van der Waals surface area (Å²) in [6.07, 6.45) is 5.86. The van der Waals surface area contributed by atoms with Gasteiger partial charge in [0.25, 0.3) is 0 Å². The molecule has 2 rings (SSSR count). The van der Waals surface area contributed by atoms with Gasteiger partial charge in [-0.1, -0.05) is 74.4 Å². The van der Waals surface area contributed by atoms with Gasteiger partial charge in [0.1, 0.15) is 0 Å². The third-order valence-corrected chi connectivity index (χ3v) is 4.83. The SMILES string of the molecule is CCCCCCCCC(OOC(=O)c1ccc(C)cc1)OOC(=O)c1ccc(C)cc1. The van der Waals surface area contributed by atoms with Gasteiger partial charge in [0.2, 0.25) is 6.29 Å². The lowest BCUT2D eigenvalue weighted by atomic mass is 10.1. The number of carbonyl (C=O) groups excluding carboxylic acids is 2. The quantitative estimate of drug-likeness (QED) is 0.162. The Kier molecular flexibility index (Phi) is 10.8. The highest BCUT2D eigenvalue weighted by Gasteiger charge is 2.19. The molecular formula is C25H32O6. The maximum absolute atomic E-state index is 12.2. The monoisotopic (exact) mass is 428 g/mol. The van der Waals surface area contributed by atoms with Crippen LogP contribution < -0.4 is 0 Å². The van der Waals surface area contributed by atoms with Crippen LogP contribution in [0.3, 0.4) is 0 Å². The van der Waals surface area contributed by atoms with Gasteiger partial charge in [0, 0.05) is 6.42 Å². The zero-order chi connectivity index (χ0) is 22.5. The zero-order valence-electron chi connectivity index (χ0n) is 18.6. The molecule has 0 N–H and O–H groups in total. The molecule has 31 heavy (non-hydrogen) atoms. The summed E-state index contributed by atoms with van der Waals surface area (Å²) in [6, 6.07) is 13.9. The Hall–Kier alpha value is -2.70. The largest absolute Gasteiger partial charge is 0.373 e. The normalized spacial score (nSPS) is 10.8. The average molecular weight is 429 g/mol. The van der Waals surface area contributed by atoms with Crippen molar-refractivity contribution in [2.45, 2.75) is 72.0 Å². The van der Waals surface area contributed by atoms with Gasteiger partial charge < -0.3 is 0 Å². The second-order valence-electron chi connectivity index (χ2n) is 7.65. The lowest BCUT2D eigenvalue weighted by Crippen LogP contribution is -2.22. The minimum Gasteiger partial charge on any atom is -0.290 e. The summed E-state index contributed by atoms with van der Waals surface area (Å²) in [4.78, 5) is 44.6. The number of aryl methyl sites for hydroxylation is 2. The van der Waals surface area contributed by atoms with E-state index in [4.69, 9.17) is 19.6 Å². The van der Waals surface area contributed by atoms with Crippen LogP contribution in [-0.2, 0) is 19.6 Å². The third-order valence-electron chi connectivity index (χ3n) is 4.83. The molecule has 2 aromatic carbocycles. The van der Waals surface area contributed by atoms with Crippen molar-refractivity contribution in [3.63, 3.8) is 0 Å². The maximum atomic E-state index is 12.2. The molecule has 6 nitrogen and oxygen atoms in total. The van der Waals surface area contributed by atoms with Gasteiger partial charge in [-0.15, -0.1) is 9.78 Å². The predicted octanol–water partition coefficient (Wildman–Crippen LogP) is 6.26. The fraction of sp³-hybridized carbons (Fsp3) is 0.440. The molecule has 0 unspecified atom stereocenters. The first-order valence-corrected chi connectivity index (χ1v) is 10.9. The standard InChI is InChI=1S/C25H32O6/c1-4-5-6-7-8-9-10-23(28-30-24(26)21-15-11-19(2)12-16-21)29-31-25(27)22-17-13-20(3)14-18-22/h11-18,23H,4-10H2,1-3H3. The molecule has 0 amide bonds. The molecular weight excluding hydrogens is 396 g/mol.